The van der Waals surface area contributed by atoms with Gasteiger partial charge in [-0.15, -0.1) is 0 Å². The molecule has 1 aromatic heterocycles. The molecule has 21 heavy (non-hydrogen) atoms. The van der Waals surface area contributed by atoms with Crippen LogP contribution < -0.4 is 11.1 Å². The lowest BCUT2D eigenvalue weighted by molar-refractivity contribution is 1.25. The first-order valence-electron chi connectivity index (χ1n) is 6.60. The van der Waals surface area contributed by atoms with Crippen LogP contribution in [0.2, 0.25) is 0 Å². The van der Waals surface area contributed by atoms with Gasteiger partial charge in [-0.2, -0.15) is 5.26 Å². The van der Waals surface area contributed by atoms with E-state index in [1.165, 1.54) is 0 Å². The lowest BCUT2D eigenvalue weighted by atomic mass is 10.1. The first-order valence-corrected chi connectivity index (χ1v) is 6.60. The summed E-state index contributed by atoms with van der Waals surface area (Å²) in [5.41, 5.74) is 10.6. The first kappa shape index (κ1) is 12.9. The van der Waals surface area contributed by atoms with E-state index in [0.29, 0.717) is 16.9 Å². The largest absolute Gasteiger partial charge is 0.397 e. The van der Waals surface area contributed by atoms with Gasteiger partial charge in [-0.1, -0.05) is 18.2 Å². The minimum atomic E-state index is 0.566. The lowest BCUT2D eigenvalue weighted by Crippen LogP contribution is -1.98. The van der Waals surface area contributed by atoms with Crippen LogP contribution in [0.25, 0.3) is 10.9 Å². The molecule has 2 aromatic carbocycles. The summed E-state index contributed by atoms with van der Waals surface area (Å²) in [6.45, 7) is 1.96. The van der Waals surface area contributed by atoms with Crippen molar-refractivity contribution >= 4 is 28.0 Å². The molecule has 0 unspecified atom stereocenters. The Hall–Kier alpha value is -3.06. The highest BCUT2D eigenvalue weighted by molar-refractivity contribution is 5.93. The van der Waals surface area contributed by atoms with Gasteiger partial charge >= 0.3 is 0 Å². The predicted octanol–water partition coefficient (Wildman–Crippen LogP) is 3.74. The Labute approximate surface area is 122 Å². The summed E-state index contributed by atoms with van der Waals surface area (Å²) in [6.07, 6.45) is 0. The summed E-state index contributed by atoms with van der Waals surface area (Å²) in [6, 6.07) is 17.2. The molecule has 0 bridgehead atoms. The number of fused-ring (bicyclic) bond motifs is 1. The molecular weight excluding hydrogens is 260 g/mol. The molecule has 0 spiro atoms. The number of nitrogens with two attached hydrogens (primary N) is 1. The summed E-state index contributed by atoms with van der Waals surface area (Å²) in [7, 11) is 0. The number of nitrogens with zero attached hydrogens (tertiary/aromatic N) is 2. The number of aromatic nitrogens is 1. The van der Waals surface area contributed by atoms with Crippen LogP contribution in [0.4, 0.5) is 17.1 Å². The number of para-hydroxylation sites is 1. The zero-order valence-electron chi connectivity index (χ0n) is 11.6. The van der Waals surface area contributed by atoms with Crippen LogP contribution in [0.15, 0.2) is 48.5 Å². The number of aryl methyl sites for hydroxylation is 1. The van der Waals surface area contributed by atoms with Gasteiger partial charge < -0.3 is 11.1 Å². The van der Waals surface area contributed by atoms with Crippen molar-refractivity contribution in [2.45, 2.75) is 6.92 Å². The maximum atomic E-state index is 9.00. The zero-order valence-corrected chi connectivity index (χ0v) is 11.6. The van der Waals surface area contributed by atoms with Crippen molar-refractivity contribution in [2.24, 2.45) is 0 Å². The molecule has 102 valence electrons. The van der Waals surface area contributed by atoms with Crippen LogP contribution in [-0.2, 0) is 0 Å². The molecule has 3 aromatic rings. The quantitative estimate of drug-likeness (QED) is 0.698. The number of nitriles is 1. The summed E-state index contributed by atoms with van der Waals surface area (Å²) in [4.78, 5) is 4.58. The molecule has 4 nitrogen and oxygen atoms in total. The number of nitrogen functional groups attached to an aromatic ring is 1. The molecule has 3 N–H and O–H groups in total. The average molecular weight is 274 g/mol. The second-order valence-electron chi connectivity index (χ2n) is 4.87. The van der Waals surface area contributed by atoms with Gasteiger partial charge in [0.1, 0.15) is 0 Å². The number of benzene rings is 2. The Morgan fingerprint density at radius 1 is 1.10 bits per heavy atom. The number of rotatable bonds is 2. The second-order valence-corrected chi connectivity index (χ2v) is 4.87. The van der Waals surface area contributed by atoms with E-state index in [1.54, 1.807) is 18.2 Å². The minimum absolute atomic E-state index is 0.566. The summed E-state index contributed by atoms with van der Waals surface area (Å²) < 4.78 is 0. The smallest absolute Gasteiger partial charge is 0.0992 e. The van der Waals surface area contributed by atoms with Gasteiger partial charge in [0.15, 0.2) is 0 Å². The average Bonchev–Trinajstić information content (AvgIpc) is 2.50. The highest BCUT2D eigenvalue weighted by atomic mass is 14.9. The van der Waals surface area contributed by atoms with E-state index in [4.69, 9.17) is 11.0 Å². The summed E-state index contributed by atoms with van der Waals surface area (Å²) in [5.74, 6) is 0. The molecule has 0 fully saturated rings. The Morgan fingerprint density at radius 2 is 1.95 bits per heavy atom. The molecule has 0 aliphatic carbocycles. The fraction of sp³-hybridized carbons (Fsp3) is 0.0588. The highest BCUT2D eigenvalue weighted by Crippen LogP contribution is 2.28. The van der Waals surface area contributed by atoms with E-state index in [0.717, 1.165) is 22.3 Å². The number of hydrogen-bond donors (Lipinski definition) is 2. The van der Waals surface area contributed by atoms with E-state index in [9.17, 15) is 0 Å². The van der Waals surface area contributed by atoms with E-state index >= 15 is 0 Å². The van der Waals surface area contributed by atoms with Gasteiger partial charge in [0.25, 0.3) is 0 Å². The van der Waals surface area contributed by atoms with Gasteiger partial charge in [0, 0.05) is 11.1 Å². The first-order chi connectivity index (χ1) is 10.2. The molecule has 0 radical (unpaired) electrons. The maximum absolute atomic E-state index is 9.00. The zero-order chi connectivity index (χ0) is 14.8. The minimum Gasteiger partial charge on any atom is -0.397 e. The Bertz CT molecular complexity index is 862. The highest BCUT2D eigenvalue weighted by Gasteiger charge is 2.06. The van der Waals surface area contributed by atoms with E-state index < -0.39 is 0 Å². The van der Waals surface area contributed by atoms with Gasteiger partial charge in [-0.05, 0) is 37.3 Å². The molecule has 0 saturated carbocycles. The molecule has 3 rings (SSSR count). The predicted molar refractivity (Wildman–Crippen MR) is 85.3 cm³/mol. The Morgan fingerprint density at radius 3 is 2.76 bits per heavy atom. The maximum Gasteiger partial charge on any atom is 0.0992 e. The summed E-state index contributed by atoms with van der Waals surface area (Å²) >= 11 is 0. The van der Waals surface area contributed by atoms with E-state index in [1.807, 2.05) is 37.3 Å². The number of hydrogen-bond acceptors (Lipinski definition) is 4. The SMILES string of the molecule is Cc1ccc2cccc(Nc3cc(C#N)ccc3N)c2n1. The third kappa shape index (κ3) is 2.49. The van der Waals surface area contributed by atoms with Crippen molar-refractivity contribution in [3.63, 3.8) is 0 Å². The van der Waals surface area contributed by atoms with Crippen molar-refractivity contribution in [3.8, 4) is 6.07 Å². The molecule has 4 heteroatoms. The Balaban J connectivity index is 2.10. The normalized spacial score (nSPS) is 10.3. The molecular formula is C17H14N4. The monoisotopic (exact) mass is 274 g/mol. The Kier molecular flexibility index (Phi) is 3.17. The fourth-order valence-corrected chi connectivity index (χ4v) is 2.22. The summed E-state index contributed by atoms with van der Waals surface area (Å²) in [5, 5.41) is 13.3. The van der Waals surface area contributed by atoms with Crippen LogP contribution in [0.5, 0.6) is 0 Å². The second kappa shape index (κ2) is 5.14. The van der Waals surface area contributed by atoms with Crippen LogP contribution in [-0.4, -0.2) is 4.98 Å². The molecule has 0 aliphatic rings. The molecule has 1 heterocycles. The lowest BCUT2D eigenvalue weighted by Gasteiger charge is -2.12. The third-order valence-electron chi connectivity index (χ3n) is 3.31. The number of anilines is 3. The molecule has 0 amide bonds. The fourth-order valence-electron chi connectivity index (χ4n) is 2.22. The van der Waals surface area contributed by atoms with Gasteiger partial charge in [0.2, 0.25) is 0 Å². The number of nitrogens with one attached hydrogen (secondary N) is 1. The van der Waals surface area contributed by atoms with Crippen molar-refractivity contribution in [1.29, 1.82) is 5.26 Å². The topological polar surface area (TPSA) is 74.7 Å². The number of pyridine rings is 1. The molecule has 0 saturated heterocycles. The van der Waals surface area contributed by atoms with Crippen LogP contribution in [0.3, 0.4) is 0 Å². The van der Waals surface area contributed by atoms with Crippen molar-refractivity contribution in [2.75, 3.05) is 11.1 Å². The van der Waals surface area contributed by atoms with Crippen molar-refractivity contribution < 1.29 is 0 Å². The third-order valence-corrected chi connectivity index (χ3v) is 3.31. The van der Waals surface area contributed by atoms with E-state index in [2.05, 4.69) is 16.4 Å². The van der Waals surface area contributed by atoms with Crippen molar-refractivity contribution in [1.82, 2.24) is 4.98 Å². The van der Waals surface area contributed by atoms with E-state index in [-0.39, 0.29) is 0 Å². The van der Waals surface area contributed by atoms with Crippen LogP contribution >= 0.6 is 0 Å². The standard InChI is InChI=1S/C17H14N4/c1-11-5-7-13-3-2-4-15(17(13)20-11)21-16-9-12(10-18)6-8-14(16)19/h2-9,21H,19H2,1H3. The van der Waals surface area contributed by atoms with Crippen molar-refractivity contribution in [3.05, 3.63) is 59.8 Å². The molecule has 0 aliphatic heterocycles. The van der Waals surface area contributed by atoms with Crippen LogP contribution in [0, 0.1) is 18.3 Å². The molecule has 0 atom stereocenters. The van der Waals surface area contributed by atoms with Crippen LogP contribution in [0.1, 0.15) is 11.3 Å². The van der Waals surface area contributed by atoms with Gasteiger partial charge in [0.05, 0.1) is 34.2 Å². The van der Waals surface area contributed by atoms with Gasteiger partial charge in [-0.3, -0.25) is 4.98 Å². The van der Waals surface area contributed by atoms with Gasteiger partial charge in [-0.25, -0.2) is 0 Å².